The third-order valence-corrected chi connectivity index (χ3v) is 4.84. The fraction of sp³-hybridized carbons (Fsp3) is 1.00. The van der Waals surface area contributed by atoms with E-state index >= 15 is 0 Å². The van der Waals surface area contributed by atoms with Gasteiger partial charge in [-0.2, -0.15) is 0 Å². The fourth-order valence-corrected chi connectivity index (χ4v) is 3.63. The first kappa shape index (κ1) is 16.3. The maximum atomic E-state index is 3.59. The van der Waals surface area contributed by atoms with Crippen LogP contribution in [0.1, 0.15) is 59.8 Å². The Kier molecular flexibility index (Phi) is 5.88. The van der Waals surface area contributed by atoms with Gasteiger partial charge in [-0.25, -0.2) is 0 Å². The molecule has 3 nitrogen and oxygen atoms in total. The highest BCUT2D eigenvalue weighted by Gasteiger charge is 2.32. The molecule has 0 aliphatic carbocycles. The van der Waals surface area contributed by atoms with E-state index in [0.717, 1.165) is 18.6 Å². The van der Waals surface area contributed by atoms with Gasteiger partial charge in [-0.1, -0.05) is 6.42 Å². The molecule has 1 N–H and O–H groups in total. The normalized spacial score (nSPS) is 29.4. The Morgan fingerprint density at radius 1 is 1.10 bits per heavy atom. The molecule has 0 spiro atoms. The second kappa shape index (κ2) is 7.24. The lowest BCUT2D eigenvalue weighted by Crippen LogP contribution is -2.58. The summed E-state index contributed by atoms with van der Waals surface area (Å²) in [5.74, 6) is 0. The first-order valence-electron chi connectivity index (χ1n) is 8.69. The predicted molar refractivity (Wildman–Crippen MR) is 87.2 cm³/mol. The van der Waals surface area contributed by atoms with E-state index in [0.29, 0.717) is 0 Å². The minimum Gasteiger partial charge on any atom is -0.312 e. The fourth-order valence-electron chi connectivity index (χ4n) is 3.63. The van der Waals surface area contributed by atoms with Crippen molar-refractivity contribution in [3.8, 4) is 0 Å². The standard InChI is InChI=1S/C17H35N3/c1-15-13-20-12-7-5-9-16(20)14-19(15)11-8-6-10-18-17(2,3)4/h15-16,18H,5-14H2,1-4H3. The maximum Gasteiger partial charge on any atom is 0.0223 e. The third kappa shape index (κ3) is 5.01. The van der Waals surface area contributed by atoms with Crippen LogP contribution in [0.25, 0.3) is 0 Å². The van der Waals surface area contributed by atoms with Crippen LogP contribution in [-0.4, -0.2) is 60.1 Å². The number of fused-ring (bicyclic) bond motifs is 1. The number of piperidine rings is 1. The molecule has 0 bridgehead atoms. The molecule has 2 unspecified atom stereocenters. The van der Waals surface area contributed by atoms with Crippen molar-refractivity contribution in [2.45, 2.75) is 77.4 Å². The Morgan fingerprint density at radius 3 is 2.65 bits per heavy atom. The van der Waals surface area contributed by atoms with Gasteiger partial charge in [0.2, 0.25) is 0 Å². The third-order valence-electron chi connectivity index (χ3n) is 4.84. The van der Waals surface area contributed by atoms with Gasteiger partial charge in [0.15, 0.2) is 0 Å². The molecule has 2 rings (SSSR count). The first-order chi connectivity index (χ1) is 9.46. The molecule has 20 heavy (non-hydrogen) atoms. The molecule has 2 heterocycles. The molecule has 0 aromatic heterocycles. The topological polar surface area (TPSA) is 18.5 Å². The number of unbranched alkanes of at least 4 members (excludes halogenated alkanes) is 1. The van der Waals surface area contributed by atoms with E-state index in [1.807, 2.05) is 0 Å². The van der Waals surface area contributed by atoms with Gasteiger partial charge in [0.05, 0.1) is 0 Å². The average molecular weight is 281 g/mol. The lowest BCUT2D eigenvalue weighted by Gasteiger charge is -2.47. The van der Waals surface area contributed by atoms with Gasteiger partial charge in [-0.05, 0) is 73.0 Å². The molecule has 0 radical (unpaired) electrons. The van der Waals surface area contributed by atoms with Crippen molar-refractivity contribution in [1.82, 2.24) is 15.1 Å². The molecule has 0 aromatic rings. The van der Waals surface area contributed by atoms with Crippen molar-refractivity contribution < 1.29 is 0 Å². The van der Waals surface area contributed by atoms with Crippen LogP contribution in [0, 0.1) is 0 Å². The summed E-state index contributed by atoms with van der Waals surface area (Å²) in [6.07, 6.45) is 6.92. The van der Waals surface area contributed by atoms with E-state index in [1.54, 1.807) is 0 Å². The van der Waals surface area contributed by atoms with Crippen LogP contribution in [0.3, 0.4) is 0 Å². The Morgan fingerprint density at radius 2 is 1.90 bits per heavy atom. The summed E-state index contributed by atoms with van der Waals surface area (Å²) in [5.41, 5.74) is 0.265. The minimum absolute atomic E-state index is 0.265. The zero-order chi connectivity index (χ0) is 14.6. The Hall–Kier alpha value is -0.120. The molecule has 0 aromatic carbocycles. The van der Waals surface area contributed by atoms with E-state index in [1.165, 1.54) is 58.3 Å². The summed E-state index contributed by atoms with van der Waals surface area (Å²) < 4.78 is 0. The van der Waals surface area contributed by atoms with Gasteiger partial charge in [-0.15, -0.1) is 0 Å². The van der Waals surface area contributed by atoms with Gasteiger partial charge in [0.25, 0.3) is 0 Å². The van der Waals surface area contributed by atoms with Crippen LogP contribution in [-0.2, 0) is 0 Å². The number of hydrogen-bond donors (Lipinski definition) is 1. The summed E-state index contributed by atoms with van der Waals surface area (Å²) in [4.78, 5) is 5.48. The largest absolute Gasteiger partial charge is 0.312 e. The zero-order valence-electron chi connectivity index (χ0n) is 14.1. The van der Waals surface area contributed by atoms with Crippen LogP contribution in [0.2, 0.25) is 0 Å². The molecule has 2 atom stereocenters. The van der Waals surface area contributed by atoms with Crippen LogP contribution >= 0.6 is 0 Å². The van der Waals surface area contributed by atoms with Crippen LogP contribution in [0.15, 0.2) is 0 Å². The molecule has 2 fully saturated rings. The lowest BCUT2D eigenvalue weighted by atomic mass is 9.97. The predicted octanol–water partition coefficient (Wildman–Crippen LogP) is 2.71. The number of hydrogen-bond acceptors (Lipinski definition) is 3. The molecule has 3 heteroatoms. The maximum absolute atomic E-state index is 3.59. The van der Waals surface area contributed by atoms with E-state index in [4.69, 9.17) is 0 Å². The Bertz CT molecular complexity index is 284. The van der Waals surface area contributed by atoms with Crippen molar-refractivity contribution in [2.75, 3.05) is 32.7 Å². The number of piperazine rings is 1. The van der Waals surface area contributed by atoms with Crippen LogP contribution < -0.4 is 5.32 Å². The molecule has 118 valence electrons. The van der Waals surface area contributed by atoms with Crippen molar-refractivity contribution >= 4 is 0 Å². The average Bonchev–Trinajstić information content (AvgIpc) is 2.37. The summed E-state index contributed by atoms with van der Waals surface area (Å²) in [7, 11) is 0. The highest BCUT2D eigenvalue weighted by atomic mass is 15.3. The van der Waals surface area contributed by atoms with E-state index in [9.17, 15) is 0 Å². The lowest BCUT2D eigenvalue weighted by molar-refractivity contribution is 0.0146. The van der Waals surface area contributed by atoms with Crippen LogP contribution in [0.4, 0.5) is 0 Å². The smallest absolute Gasteiger partial charge is 0.0223 e. The summed E-state index contributed by atoms with van der Waals surface area (Å²) in [5, 5.41) is 3.59. The van der Waals surface area contributed by atoms with Crippen molar-refractivity contribution in [3.63, 3.8) is 0 Å². The second-order valence-electron chi connectivity index (χ2n) is 7.87. The SMILES string of the molecule is CC1CN2CCCCC2CN1CCCCNC(C)(C)C. The summed E-state index contributed by atoms with van der Waals surface area (Å²) in [6, 6.07) is 1.60. The van der Waals surface area contributed by atoms with E-state index in [2.05, 4.69) is 42.8 Å². The molecule has 2 aliphatic rings. The summed E-state index contributed by atoms with van der Waals surface area (Å²) >= 11 is 0. The van der Waals surface area contributed by atoms with Crippen molar-refractivity contribution in [3.05, 3.63) is 0 Å². The number of nitrogens with one attached hydrogen (secondary N) is 1. The molecular weight excluding hydrogens is 246 g/mol. The van der Waals surface area contributed by atoms with Crippen molar-refractivity contribution in [1.29, 1.82) is 0 Å². The van der Waals surface area contributed by atoms with Gasteiger partial charge in [0, 0.05) is 30.7 Å². The number of nitrogens with zero attached hydrogens (tertiary/aromatic N) is 2. The first-order valence-corrected chi connectivity index (χ1v) is 8.69. The Labute approximate surface area is 126 Å². The second-order valence-corrected chi connectivity index (χ2v) is 7.87. The van der Waals surface area contributed by atoms with Gasteiger partial charge in [0.1, 0.15) is 0 Å². The van der Waals surface area contributed by atoms with Gasteiger partial charge in [-0.3, -0.25) is 9.80 Å². The molecule has 0 amide bonds. The van der Waals surface area contributed by atoms with E-state index in [-0.39, 0.29) is 5.54 Å². The summed E-state index contributed by atoms with van der Waals surface area (Å²) in [6.45, 7) is 15.6. The molecule has 2 aliphatic heterocycles. The van der Waals surface area contributed by atoms with Crippen molar-refractivity contribution in [2.24, 2.45) is 0 Å². The highest BCUT2D eigenvalue weighted by Crippen LogP contribution is 2.24. The highest BCUT2D eigenvalue weighted by molar-refractivity contribution is 4.89. The van der Waals surface area contributed by atoms with Crippen LogP contribution in [0.5, 0.6) is 0 Å². The quantitative estimate of drug-likeness (QED) is 0.782. The molecular formula is C17H35N3. The molecule has 0 saturated carbocycles. The Balaban J connectivity index is 1.65. The monoisotopic (exact) mass is 281 g/mol. The minimum atomic E-state index is 0.265. The van der Waals surface area contributed by atoms with E-state index < -0.39 is 0 Å². The number of rotatable bonds is 5. The zero-order valence-corrected chi connectivity index (χ0v) is 14.1. The van der Waals surface area contributed by atoms with Gasteiger partial charge < -0.3 is 5.32 Å². The molecule has 2 saturated heterocycles. The van der Waals surface area contributed by atoms with Gasteiger partial charge >= 0.3 is 0 Å².